The molecule has 0 aliphatic carbocycles. The minimum atomic E-state index is -1.30. The van der Waals surface area contributed by atoms with E-state index in [0.29, 0.717) is 37.1 Å². The van der Waals surface area contributed by atoms with Gasteiger partial charge in [-0.05, 0) is 0 Å². The maximum atomic E-state index is 11.7. The molecule has 1 heterocycles. The van der Waals surface area contributed by atoms with E-state index in [4.69, 9.17) is 12.2 Å². The van der Waals surface area contributed by atoms with Crippen molar-refractivity contribution in [1.82, 2.24) is 0 Å². The number of hydrogen-bond donors (Lipinski definition) is 1. The molecule has 0 saturated heterocycles. The van der Waals surface area contributed by atoms with E-state index in [-0.39, 0.29) is 64.9 Å². The fourth-order valence-electron chi connectivity index (χ4n) is 2.51. The second-order valence-electron chi connectivity index (χ2n) is 6.45. The van der Waals surface area contributed by atoms with Crippen LogP contribution in [0.5, 0.6) is 5.75 Å². The van der Waals surface area contributed by atoms with E-state index in [1.165, 1.54) is 6.07 Å². The third-order valence-corrected chi connectivity index (χ3v) is 7.97. The summed E-state index contributed by atoms with van der Waals surface area (Å²) in [4.78, 5) is 11.7. The van der Waals surface area contributed by atoms with Crippen LogP contribution in [0.3, 0.4) is 0 Å². The Kier molecular flexibility index (Phi) is 15.4. The third kappa shape index (κ3) is 8.71. The molecule has 1 aromatic rings. The molecule has 1 aromatic heterocycles. The predicted octanol–water partition coefficient (Wildman–Crippen LogP) is -12.5. The molecule has 24 heavy (non-hydrogen) atoms. The van der Waals surface area contributed by atoms with Crippen LogP contribution in [0.25, 0.3) is 0 Å². The molecular formula is C6H16B12Na2O3S+. The van der Waals surface area contributed by atoms with Crippen LogP contribution in [-0.4, -0.2) is 89.2 Å². The predicted molar refractivity (Wildman–Crippen MR) is 122 cm³/mol. The van der Waals surface area contributed by atoms with E-state index >= 15 is 0 Å². The van der Waals surface area contributed by atoms with Crippen LogP contribution >= 0.6 is 8.73 Å². The van der Waals surface area contributed by atoms with Crippen molar-refractivity contribution in [3.63, 3.8) is 0 Å². The largest absolute Gasteiger partial charge is 1.00 e. The van der Waals surface area contributed by atoms with Crippen molar-refractivity contribution < 1.29 is 68.6 Å². The summed E-state index contributed by atoms with van der Waals surface area (Å²) < 4.78 is 5.44. The zero-order valence-corrected chi connectivity index (χ0v) is 21.0. The Morgan fingerprint density at radius 2 is 1.71 bits per heavy atom. The van der Waals surface area contributed by atoms with Crippen molar-refractivity contribution >= 4 is 92.9 Å². The van der Waals surface area contributed by atoms with Gasteiger partial charge in [0.15, 0.2) is 0 Å². The van der Waals surface area contributed by atoms with Crippen molar-refractivity contribution in [2.75, 3.05) is 0 Å². The van der Waals surface area contributed by atoms with Crippen LogP contribution in [0.1, 0.15) is 5.76 Å². The Hall–Kier alpha value is 1.88. The molecule has 0 unspecified atom stereocenters. The van der Waals surface area contributed by atoms with Crippen molar-refractivity contribution in [2.24, 2.45) is 0 Å². The van der Waals surface area contributed by atoms with E-state index in [9.17, 15) is 9.90 Å². The average molecular weight is 334 g/mol. The molecule has 0 aliphatic heterocycles. The molecule has 0 spiro atoms. The first-order chi connectivity index (χ1) is 10.2. The molecule has 1 N–H and O–H groups in total. The van der Waals surface area contributed by atoms with Gasteiger partial charge in [-0.3, -0.25) is 0 Å². The van der Waals surface area contributed by atoms with Crippen LogP contribution in [-0.2, 0) is 5.75 Å². The van der Waals surface area contributed by atoms with Gasteiger partial charge < -0.3 is 0 Å². The summed E-state index contributed by atoms with van der Waals surface area (Å²) in [7, 11) is 16.1. The maximum absolute atomic E-state index is 11.7. The molecule has 0 amide bonds. The van der Waals surface area contributed by atoms with Crippen LogP contribution < -0.4 is 64.5 Å². The topological polar surface area (TPSA) is 50.4 Å². The Bertz CT molecular complexity index is 666. The van der Waals surface area contributed by atoms with Gasteiger partial charge in [0, 0.05) is 0 Å². The molecule has 101 valence electrons. The fourth-order valence-corrected chi connectivity index (χ4v) is 6.64. The summed E-state index contributed by atoms with van der Waals surface area (Å²) in [6.45, 7) is 0. The maximum Gasteiger partial charge on any atom is 1.00 e. The summed E-state index contributed by atoms with van der Waals surface area (Å²) in [6, 6.07) is 6.14. The first kappa shape index (κ1) is 28.1. The van der Waals surface area contributed by atoms with Gasteiger partial charge in [-0.2, -0.15) is 0 Å². The minimum absolute atomic E-state index is 0. The summed E-state index contributed by atoms with van der Waals surface area (Å²) in [5, 5.41) is 9.35. The summed E-state index contributed by atoms with van der Waals surface area (Å²) in [5.74, 6) is 1.21. The van der Waals surface area contributed by atoms with E-state index < -0.39 is 14.2 Å². The van der Waals surface area contributed by atoms with Crippen molar-refractivity contribution in [3.8, 4) is 5.75 Å². The number of hydrogen-bond acceptors (Lipinski definition) is 3. The molecule has 0 bridgehead atoms. The van der Waals surface area contributed by atoms with Crippen molar-refractivity contribution in [2.45, 2.75) is 5.75 Å². The molecule has 18 heteroatoms. The standard InChI is InChI=1S/C6H16B12O3S.2Na/c7-13-18(12)22(14-16(8)9,15-17(10)11)3-4-1-5(19)6(20)2-21-4;;/h1-2,13,20H,3,8-12H2;;/q-1;2*+1/i7-1,8-1,9-1,10-1,11-1,12-1,13-1,14-1,15-1,16-1,17-1,18-1;;. The number of rotatable bonds is 6. The van der Waals surface area contributed by atoms with Gasteiger partial charge in [0.1, 0.15) is 0 Å². The van der Waals surface area contributed by atoms with Gasteiger partial charge in [0.2, 0.25) is 0 Å². The van der Waals surface area contributed by atoms with Gasteiger partial charge in [-0.25, -0.2) is 0 Å². The van der Waals surface area contributed by atoms with E-state index in [1.807, 2.05) is 0 Å². The molecule has 0 fully saturated rings. The van der Waals surface area contributed by atoms with Crippen LogP contribution in [0.15, 0.2) is 21.5 Å². The van der Waals surface area contributed by atoms with Crippen molar-refractivity contribution in [1.29, 1.82) is 0 Å². The molecule has 0 atom stereocenters. The SMILES string of the molecule is [10B-][10BH][10B]([10BH2])S(=[10B][10B]([10BH2])[10BH2])(=[10B][10B]([10BH2])[10BH2])Cc1cc(=O)c(O)co1.[Na+].[Na+]. The Balaban J connectivity index is 0. The Morgan fingerprint density at radius 3 is 2.08 bits per heavy atom. The van der Waals surface area contributed by atoms with Gasteiger partial charge in [-0.1, -0.05) is 0 Å². The van der Waals surface area contributed by atoms with E-state index in [2.05, 4.69) is 50.8 Å². The fraction of sp³-hybridized carbons (Fsp3) is 0.167. The van der Waals surface area contributed by atoms with Gasteiger partial charge in [-0.15, -0.1) is 0 Å². The summed E-state index contributed by atoms with van der Waals surface area (Å²) in [6.07, 6.45) is 1.96. The van der Waals surface area contributed by atoms with Gasteiger partial charge in [0.25, 0.3) is 0 Å². The average Bonchev–Trinajstić information content (AvgIpc) is 2.40. The Morgan fingerprint density at radius 1 is 1.21 bits per heavy atom. The normalized spacial score (nSPS) is 9.38. The van der Waals surface area contributed by atoms with Crippen molar-refractivity contribution in [3.05, 3.63) is 28.3 Å². The molecule has 0 saturated carbocycles. The van der Waals surface area contributed by atoms with Crippen LogP contribution in [0, 0.1) is 0 Å². The van der Waals surface area contributed by atoms with Crippen LogP contribution in [0.2, 0.25) is 0 Å². The molecule has 0 aromatic carbocycles. The monoisotopic (exact) mass is 334 g/mol. The zero-order valence-electron chi connectivity index (χ0n) is 16.2. The van der Waals surface area contributed by atoms with Gasteiger partial charge in [0.05, 0.1) is 0 Å². The molecular weight excluding hydrogens is 318 g/mol. The second-order valence-corrected chi connectivity index (χ2v) is 9.91. The second kappa shape index (κ2) is 13.1. The number of aromatic hydroxyl groups is 1. The quantitative estimate of drug-likeness (QED) is 0.526. The molecule has 1 rings (SSSR count). The molecule has 0 aliphatic rings. The van der Waals surface area contributed by atoms with Crippen LogP contribution in [0.4, 0.5) is 0 Å². The summed E-state index contributed by atoms with van der Waals surface area (Å²) in [5.41, 5.74) is -0.399. The molecule has 3 nitrogen and oxygen atoms in total. The molecule has 3 radical (unpaired) electrons. The first-order valence-electron chi connectivity index (χ1n) is 7.70. The van der Waals surface area contributed by atoms with E-state index in [1.54, 1.807) is 0 Å². The Labute approximate surface area is 199 Å². The first-order valence-corrected chi connectivity index (χ1v) is 9.69. The van der Waals surface area contributed by atoms with E-state index in [0.717, 1.165) is 6.26 Å². The summed E-state index contributed by atoms with van der Waals surface area (Å²) >= 11 is 0. The van der Waals surface area contributed by atoms with Gasteiger partial charge >= 0.3 is 201 Å². The minimum Gasteiger partial charge on any atom is 1.00 e. The zero-order chi connectivity index (χ0) is 16.9. The third-order valence-electron chi connectivity index (χ3n) is 3.39. The smallest absolute Gasteiger partial charge is 1.00 e.